The van der Waals surface area contributed by atoms with E-state index >= 15 is 0 Å². The van der Waals surface area contributed by atoms with Crippen LogP contribution in [-0.2, 0) is 6.54 Å². The summed E-state index contributed by atoms with van der Waals surface area (Å²) < 4.78 is 17.5. The molecule has 0 aliphatic carbocycles. The molecule has 0 radical (unpaired) electrons. The molecular formula is C26H26FN9OS. The van der Waals surface area contributed by atoms with Crippen molar-refractivity contribution in [2.75, 3.05) is 36.0 Å². The smallest absolute Gasteiger partial charge is 0.225 e. The Hall–Kier alpha value is -4.03. The molecule has 1 aromatic carbocycles. The van der Waals surface area contributed by atoms with Gasteiger partial charge < -0.3 is 14.9 Å². The number of fused-ring (bicyclic) bond motifs is 1. The zero-order valence-corrected chi connectivity index (χ0v) is 21.5. The van der Waals surface area contributed by atoms with Crippen LogP contribution in [0.25, 0.3) is 16.6 Å². The van der Waals surface area contributed by atoms with E-state index in [1.807, 2.05) is 23.0 Å². The van der Waals surface area contributed by atoms with E-state index < -0.39 is 6.10 Å². The average molecular weight is 532 g/mol. The summed E-state index contributed by atoms with van der Waals surface area (Å²) in [6.07, 6.45) is 10.3. The number of hydrogen-bond donors (Lipinski definition) is 1. The van der Waals surface area contributed by atoms with Crippen LogP contribution < -0.4 is 9.80 Å². The SMILES string of the molecule is C[C@H](O)Cn1cc(-c2cc3c(N4CCN(c5ncc(Sc6ccccc6F)cn5)CC4)ncnn3c2)cn1. The van der Waals surface area contributed by atoms with Crippen LogP contribution in [0.1, 0.15) is 6.92 Å². The van der Waals surface area contributed by atoms with Gasteiger partial charge in [-0.3, -0.25) is 4.68 Å². The maximum atomic E-state index is 14.0. The number of aromatic nitrogens is 7. The number of hydrogen-bond acceptors (Lipinski definition) is 9. The normalized spacial score (nSPS) is 14.8. The molecule has 38 heavy (non-hydrogen) atoms. The van der Waals surface area contributed by atoms with Gasteiger partial charge in [0.25, 0.3) is 0 Å². The standard InChI is InChI=1S/C26H26FN9OS/c1-18(37)14-35-15-20(11-31-35)19-10-23-25(30-17-32-36(23)16-19)33-6-8-34(9-7-33)26-28-12-21(13-29-26)38-24-5-3-2-4-22(24)27/h2-5,10-13,15-18,37H,6-9,14H2,1H3/t18-/m0/s1. The average Bonchev–Trinajstić information content (AvgIpc) is 3.57. The second-order valence-corrected chi connectivity index (χ2v) is 10.3. The van der Waals surface area contributed by atoms with E-state index in [0.717, 1.165) is 53.5 Å². The first-order valence-corrected chi connectivity index (χ1v) is 13.1. The van der Waals surface area contributed by atoms with E-state index in [0.29, 0.717) is 17.4 Å². The lowest BCUT2D eigenvalue weighted by Gasteiger charge is -2.35. The first-order chi connectivity index (χ1) is 18.5. The van der Waals surface area contributed by atoms with E-state index in [1.54, 1.807) is 48.7 Å². The van der Waals surface area contributed by atoms with Crippen molar-refractivity contribution in [3.63, 3.8) is 0 Å². The van der Waals surface area contributed by atoms with Gasteiger partial charge in [0, 0.05) is 71.9 Å². The number of anilines is 2. The third kappa shape index (κ3) is 5.04. The van der Waals surface area contributed by atoms with Gasteiger partial charge in [-0.15, -0.1) is 0 Å². The number of aliphatic hydroxyl groups is 1. The van der Waals surface area contributed by atoms with Gasteiger partial charge in [0.2, 0.25) is 5.95 Å². The lowest BCUT2D eigenvalue weighted by molar-refractivity contribution is 0.168. The molecule has 0 bridgehead atoms. The topological polar surface area (TPSA) is 100 Å². The Balaban J connectivity index is 1.13. The molecule has 1 aliphatic heterocycles. The molecule has 0 amide bonds. The van der Waals surface area contributed by atoms with E-state index in [1.165, 1.54) is 17.8 Å². The predicted octanol–water partition coefficient (Wildman–Crippen LogP) is 3.38. The Morgan fingerprint density at radius 1 is 0.947 bits per heavy atom. The van der Waals surface area contributed by atoms with Crippen LogP contribution >= 0.6 is 11.8 Å². The zero-order chi connectivity index (χ0) is 26.1. The van der Waals surface area contributed by atoms with Crippen molar-refractivity contribution in [2.45, 2.75) is 29.4 Å². The Kier molecular flexibility index (Phi) is 6.64. The van der Waals surface area contributed by atoms with Gasteiger partial charge >= 0.3 is 0 Å². The number of rotatable bonds is 7. The lowest BCUT2D eigenvalue weighted by Crippen LogP contribution is -2.47. The van der Waals surface area contributed by atoms with Gasteiger partial charge in [-0.25, -0.2) is 23.9 Å². The van der Waals surface area contributed by atoms with Gasteiger partial charge in [0.1, 0.15) is 17.7 Å². The molecule has 0 spiro atoms. The number of aliphatic hydroxyl groups excluding tert-OH is 1. The van der Waals surface area contributed by atoms with E-state index in [9.17, 15) is 9.50 Å². The minimum atomic E-state index is -0.465. The van der Waals surface area contributed by atoms with E-state index in [4.69, 9.17) is 0 Å². The molecule has 1 N–H and O–H groups in total. The molecule has 6 rings (SSSR count). The molecule has 1 atom stereocenters. The fourth-order valence-electron chi connectivity index (χ4n) is 4.50. The van der Waals surface area contributed by atoms with Crippen molar-refractivity contribution < 1.29 is 9.50 Å². The van der Waals surface area contributed by atoms with Gasteiger partial charge in [-0.2, -0.15) is 10.2 Å². The highest BCUT2D eigenvalue weighted by Gasteiger charge is 2.22. The zero-order valence-electron chi connectivity index (χ0n) is 20.7. The van der Waals surface area contributed by atoms with E-state index in [-0.39, 0.29) is 5.82 Å². The molecule has 10 nitrogen and oxygen atoms in total. The van der Waals surface area contributed by atoms with Crippen LogP contribution in [0.15, 0.2) is 77.4 Å². The lowest BCUT2D eigenvalue weighted by atomic mass is 10.2. The molecule has 1 fully saturated rings. The minimum Gasteiger partial charge on any atom is -0.391 e. The Morgan fingerprint density at radius 2 is 1.71 bits per heavy atom. The van der Waals surface area contributed by atoms with Crippen molar-refractivity contribution in [1.82, 2.24) is 34.3 Å². The first kappa shape index (κ1) is 24.3. The van der Waals surface area contributed by atoms with Crippen LogP contribution in [0.2, 0.25) is 0 Å². The molecular weight excluding hydrogens is 505 g/mol. The fourth-order valence-corrected chi connectivity index (χ4v) is 5.28. The van der Waals surface area contributed by atoms with Gasteiger partial charge in [-0.05, 0) is 25.1 Å². The molecule has 1 aliphatic rings. The van der Waals surface area contributed by atoms with Crippen molar-refractivity contribution in [2.24, 2.45) is 0 Å². The van der Waals surface area contributed by atoms with Crippen molar-refractivity contribution in [3.05, 3.63) is 73.5 Å². The summed E-state index contributed by atoms with van der Waals surface area (Å²) in [5.74, 6) is 1.28. The minimum absolute atomic E-state index is 0.252. The number of halogens is 1. The molecule has 1 saturated heterocycles. The molecule has 4 aromatic heterocycles. The van der Waals surface area contributed by atoms with Gasteiger partial charge in [-0.1, -0.05) is 23.9 Å². The summed E-state index contributed by atoms with van der Waals surface area (Å²) in [5, 5.41) is 18.4. The van der Waals surface area contributed by atoms with Crippen LogP contribution in [0, 0.1) is 5.82 Å². The van der Waals surface area contributed by atoms with Crippen molar-refractivity contribution >= 4 is 29.0 Å². The van der Waals surface area contributed by atoms with Crippen LogP contribution in [0.3, 0.4) is 0 Å². The van der Waals surface area contributed by atoms with Crippen LogP contribution in [0.4, 0.5) is 16.2 Å². The summed E-state index contributed by atoms with van der Waals surface area (Å²) in [6.45, 7) is 5.19. The highest BCUT2D eigenvalue weighted by molar-refractivity contribution is 7.99. The van der Waals surface area contributed by atoms with Crippen molar-refractivity contribution in [3.8, 4) is 11.1 Å². The maximum Gasteiger partial charge on any atom is 0.225 e. The van der Waals surface area contributed by atoms with Crippen LogP contribution in [-0.4, -0.2) is 71.7 Å². The highest BCUT2D eigenvalue weighted by Crippen LogP contribution is 2.30. The summed E-state index contributed by atoms with van der Waals surface area (Å²) in [5.41, 5.74) is 2.87. The largest absolute Gasteiger partial charge is 0.391 e. The first-order valence-electron chi connectivity index (χ1n) is 12.3. The molecule has 0 saturated carbocycles. The summed E-state index contributed by atoms with van der Waals surface area (Å²) in [7, 11) is 0. The predicted molar refractivity (Wildman–Crippen MR) is 143 cm³/mol. The Morgan fingerprint density at radius 3 is 2.47 bits per heavy atom. The number of nitrogens with zero attached hydrogens (tertiary/aromatic N) is 9. The number of benzene rings is 1. The summed E-state index contributed by atoms with van der Waals surface area (Å²) in [4.78, 5) is 19.4. The van der Waals surface area contributed by atoms with E-state index in [2.05, 4.69) is 41.0 Å². The van der Waals surface area contributed by atoms with Crippen LogP contribution in [0.5, 0.6) is 0 Å². The fraction of sp³-hybridized carbons (Fsp3) is 0.269. The maximum absolute atomic E-state index is 14.0. The number of piperazine rings is 1. The highest BCUT2D eigenvalue weighted by atomic mass is 32.2. The quantitative estimate of drug-likeness (QED) is 0.339. The van der Waals surface area contributed by atoms with Crippen molar-refractivity contribution in [1.29, 1.82) is 0 Å². The molecule has 194 valence electrons. The second-order valence-electron chi connectivity index (χ2n) is 9.17. The van der Waals surface area contributed by atoms with Gasteiger partial charge in [0.15, 0.2) is 5.82 Å². The third-order valence-corrected chi connectivity index (χ3v) is 7.34. The molecule has 5 heterocycles. The molecule has 12 heteroatoms. The molecule has 5 aromatic rings. The van der Waals surface area contributed by atoms with Gasteiger partial charge in [0.05, 0.1) is 18.8 Å². The Labute approximate surface area is 222 Å². The third-order valence-electron chi connectivity index (χ3n) is 6.34. The molecule has 0 unspecified atom stereocenters. The Bertz CT molecular complexity index is 1540. The monoisotopic (exact) mass is 531 g/mol. The summed E-state index contributed by atoms with van der Waals surface area (Å²) in [6, 6.07) is 8.75. The second kappa shape index (κ2) is 10.4. The summed E-state index contributed by atoms with van der Waals surface area (Å²) >= 11 is 1.31.